The van der Waals surface area contributed by atoms with E-state index in [0.29, 0.717) is 5.75 Å². The zero-order chi connectivity index (χ0) is 13.3. The van der Waals surface area contributed by atoms with E-state index in [2.05, 4.69) is 26.8 Å². The Morgan fingerprint density at radius 1 is 0.889 bits per heavy atom. The molecular formula is C17H20O. The Labute approximate surface area is 109 Å². The largest absolute Gasteiger partial charge is 0.507 e. The summed E-state index contributed by atoms with van der Waals surface area (Å²) in [5.41, 5.74) is 4.14. The summed E-state index contributed by atoms with van der Waals surface area (Å²) >= 11 is 0. The maximum atomic E-state index is 10.4. The van der Waals surface area contributed by atoms with Gasteiger partial charge < -0.3 is 5.11 Å². The quantitative estimate of drug-likeness (QED) is 0.768. The van der Waals surface area contributed by atoms with Crippen LogP contribution in [-0.2, 0) is 5.41 Å². The molecule has 18 heavy (non-hydrogen) atoms. The van der Waals surface area contributed by atoms with Crippen LogP contribution in [0.2, 0.25) is 0 Å². The highest BCUT2D eigenvalue weighted by molar-refractivity contribution is 5.76. The summed E-state index contributed by atoms with van der Waals surface area (Å²) in [5.74, 6) is 0.397. The predicted molar refractivity (Wildman–Crippen MR) is 77.0 cm³/mol. The van der Waals surface area contributed by atoms with Gasteiger partial charge in [-0.2, -0.15) is 0 Å². The topological polar surface area (TPSA) is 20.2 Å². The van der Waals surface area contributed by atoms with Gasteiger partial charge in [-0.1, -0.05) is 63.2 Å². The van der Waals surface area contributed by atoms with Gasteiger partial charge in [0, 0.05) is 5.56 Å². The molecule has 2 rings (SSSR count). The van der Waals surface area contributed by atoms with Crippen molar-refractivity contribution in [1.82, 2.24) is 0 Å². The van der Waals surface area contributed by atoms with Crippen LogP contribution < -0.4 is 0 Å². The van der Waals surface area contributed by atoms with Crippen LogP contribution in [0.15, 0.2) is 42.5 Å². The molecule has 0 saturated carbocycles. The lowest BCUT2D eigenvalue weighted by Crippen LogP contribution is -2.13. The maximum absolute atomic E-state index is 10.4. The third-order valence-corrected chi connectivity index (χ3v) is 3.25. The fourth-order valence-electron chi connectivity index (χ4n) is 2.22. The van der Waals surface area contributed by atoms with E-state index in [0.717, 1.165) is 16.7 Å². The molecular weight excluding hydrogens is 220 g/mol. The highest BCUT2D eigenvalue weighted by Gasteiger charge is 2.21. The molecule has 1 N–H and O–H groups in total. The standard InChI is InChI=1S/C17H20O/c1-12-10-11-14(17(2,3)4)15(16(12)18)13-8-6-5-7-9-13/h5-11,18H,1-4H3. The average Bonchev–Trinajstić information content (AvgIpc) is 2.32. The Morgan fingerprint density at radius 2 is 1.50 bits per heavy atom. The third kappa shape index (κ3) is 2.26. The van der Waals surface area contributed by atoms with Crippen LogP contribution in [0, 0.1) is 6.92 Å². The minimum Gasteiger partial charge on any atom is -0.507 e. The monoisotopic (exact) mass is 240 g/mol. The fraction of sp³-hybridized carbons (Fsp3) is 0.294. The Kier molecular flexibility index (Phi) is 3.16. The van der Waals surface area contributed by atoms with Crippen LogP contribution in [0.4, 0.5) is 0 Å². The van der Waals surface area contributed by atoms with Crippen molar-refractivity contribution >= 4 is 0 Å². The van der Waals surface area contributed by atoms with E-state index in [4.69, 9.17) is 0 Å². The minimum atomic E-state index is 0.0103. The molecule has 2 aromatic rings. The van der Waals surface area contributed by atoms with Gasteiger partial charge in [-0.3, -0.25) is 0 Å². The predicted octanol–water partition coefficient (Wildman–Crippen LogP) is 4.67. The summed E-state index contributed by atoms with van der Waals surface area (Å²) in [6, 6.07) is 14.2. The summed E-state index contributed by atoms with van der Waals surface area (Å²) in [5, 5.41) is 10.4. The second-order valence-electron chi connectivity index (χ2n) is 5.77. The molecule has 0 heterocycles. The molecule has 0 fully saturated rings. The van der Waals surface area contributed by atoms with Crippen LogP contribution in [-0.4, -0.2) is 5.11 Å². The van der Waals surface area contributed by atoms with Crippen LogP contribution in [0.1, 0.15) is 31.9 Å². The molecule has 0 aliphatic rings. The Morgan fingerprint density at radius 3 is 2.06 bits per heavy atom. The fourth-order valence-corrected chi connectivity index (χ4v) is 2.22. The molecule has 1 heteroatoms. The molecule has 0 aromatic heterocycles. The Balaban J connectivity index is 2.75. The SMILES string of the molecule is Cc1ccc(C(C)(C)C)c(-c2ccccc2)c1O. The molecule has 0 aliphatic carbocycles. The molecule has 0 aliphatic heterocycles. The summed E-state index contributed by atoms with van der Waals surface area (Å²) in [4.78, 5) is 0. The van der Waals surface area contributed by atoms with Crippen molar-refractivity contribution in [2.45, 2.75) is 33.1 Å². The van der Waals surface area contributed by atoms with Gasteiger partial charge in [-0.25, -0.2) is 0 Å². The first-order valence-electron chi connectivity index (χ1n) is 6.29. The molecule has 0 amide bonds. The number of hydrogen-bond donors (Lipinski definition) is 1. The molecule has 0 bridgehead atoms. The molecule has 0 spiro atoms. The van der Waals surface area contributed by atoms with E-state index in [1.807, 2.05) is 43.3 Å². The van der Waals surface area contributed by atoms with Gasteiger partial charge in [-0.05, 0) is 29.0 Å². The normalized spacial score (nSPS) is 11.6. The highest BCUT2D eigenvalue weighted by atomic mass is 16.3. The van der Waals surface area contributed by atoms with E-state index in [9.17, 15) is 5.11 Å². The van der Waals surface area contributed by atoms with Gasteiger partial charge in [0.15, 0.2) is 0 Å². The lowest BCUT2D eigenvalue weighted by atomic mass is 9.80. The second kappa shape index (κ2) is 4.49. The molecule has 1 nitrogen and oxygen atoms in total. The minimum absolute atomic E-state index is 0.0103. The Hall–Kier alpha value is -1.76. The summed E-state index contributed by atoms with van der Waals surface area (Å²) in [6.07, 6.45) is 0. The number of benzene rings is 2. The first-order chi connectivity index (χ1) is 8.41. The van der Waals surface area contributed by atoms with Crippen LogP contribution in [0.5, 0.6) is 5.75 Å². The number of aryl methyl sites for hydroxylation is 1. The third-order valence-electron chi connectivity index (χ3n) is 3.25. The summed E-state index contributed by atoms with van der Waals surface area (Å²) in [7, 11) is 0. The lowest BCUT2D eigenvalue weighted by molar-refractivity contribution is 0.469. The molecule has 0 saturated heterocycles. The van der Waals surface area contributed by atoms with Gasteiger partial charge in [0.1, 0.15) is 5.75 Å². The van der Waals surface area contributed by atoms with Crippen molar-refractivity contribution in [3.63, 3.8) is 0 Å². The maximum Gasteiger partial charge on any atom is 0.126 e. The average molecular weight is 240 g/mol. The molecule has 0 atom stereocenters. The second-order valence-corrected chi connectivity index (χ2v) is 5.77. The zero-order valence-electron chi connectivity index (χ0n) is 11.5. The van der Waals surface area contributed by atoms with Crippen molar-refractivity contribution in [2.75, 3.05) is 0 Å². The number of phenols is 1. The van der Waals surface area contributed by atoms with Crippen molar-refractivity contribution in [1.29, 1.82) is 0 Å². The van der Waals surface area contributed by atoms with E-state index >= 15 is 0 Å². The van der Waals surface area contributed by atoms with Gasteiger partial charge in [0.2, 0.25) is 0 Å². The van der Waals surface area contributed by atoms with E-state index < -0.39 is 0 Å². The molecule has 2 aromatic carbocycles. The van der Waals surface area contributed by atoms with Gasteiger partial charge in [0.05, 0.1) is 0 Å². The van der Waals surface area contributed by atoms with Crippen LogP contribution >= 0.6 is 0 Å². The van der Waals surface area contributed by atoms with Crippen molar-refractivity contribution in [3.05, 3.63) is 53.6 Å². The highest BCUT2D eigenvalue weighted by Crippen LogP contribution is 2.40. The smallest absolute Gasteiger partial charge is 0.126 e. The van der Waals surface area contributed by atoms with Gasteiger partial charge >= 0.3 is 0 Å². The van der Waals surface area contributed by atoms with Crippen LogP contribution in [0.25, 0.3) is 11.1 Å². The van der Waals surface area contributed by atoms with Crippen LogP contribution in [0.3, 0.4) is 0 Å². The van der Waals surface area contributed by atoms with Crippen molar-refractivity contribution in [2.24, 2.45) is 0 Å². The van der Waals surface area contributed by atoms with Crippen molar-refractivity contribution < 1.29 is 5.11 Å². The van der Waals surface area contributed by atoms with Crippen molar-refractivity contribution in [3.8, 4) is 16.9 Å². The molecule has 0 radical (unpaired) electrons. The first kappa shape index (κ1) is 12.7. The van der Waals surface area contributed by atoms with E-state index in [-0.39, 0.29) is 5.41 Å². The summed E-state index contributed by atoms with van der Waals surface area (Å²) < 4.78 is 0. The van der Waals surface area contributed by atoms with Gasteiger partial charge in [-0.15, -0.1) is 0 Å². The zero-order valence-corrected chi connectivity index (χ0v) is 11.5. The number of phenolic OH excluding ortho intramolecular Hbond substituents is 1. The number of aromatic hydroxyl groups is 1. The Bertz CT molecular complexity index is 548. The van der Waals surface area contributed by atoms with E-state index in [1.165, 1.54) is 5.56 Å². The number of hydrogen-bond acceptors (Lipinski definition) is 1. The van der Waals surface area contributed by atoms with Gasteiger partial charge in [0.25, 0.3) is 0 Å². The lowest BCUT2D eigenvalue weighted by Gasteiger charge is -2.24. The number of rotatable bonds is 1. The first-order valence-corrected chi connectivity index (χ1v) is 6.29. The van der Waals surface area contributed by atoms with E-state index in [1.54, 1.807) is 0 Å². The summed E-state index contributed by atoms with van der Waals surface area (Å²) in [6.45, 7) is 8.45. The molecule has 94 valence electrons. The molecule has 0 unspecified atom stereocenters.